The molecule has 0 aliphatic rings. The van der Waals surface area contributed by atoms with Gasteiger partial charge in [-0.25, -0.2) is 4.98 Å². The number of phenols is 1. The number of hydrogen-bond donors (Lipinski definition) is 4. The first-order valence-corrected chi connectivity index (χ1v) is 10.3. The average molecular weight is 449 g/mol. The van der Waals surface area contributed by atoms with Gasteiger partial charge in [-0.15, -0.1) is 0 Å². The predicted octanol–water partition coefficient (Wildman–Crippen LogP) is 3.08. The van der Waals surface area contributed by atoms with Gasteiger partial charge in [0.05, 0.1) is 30.6 Å². The largest absolute Gasteiger partial charge is 0.504 e. The average Bonchev–Trinajstić information content (AvgIpc) is 3.22. The Morgan fingerprint density at radius 1 is 1.21 bits per heavy atom. The Morgan fingerprint density at radius 3 is 2.76 bits per heavy atom. The van der Waals surface area contributed by atoms with Gasteiger partial charge in [-0.2, -0.15) is 0 Å². The molecule has 0 bridgehead atoms. The summed E-state index contributed by atoms with van der Waals surface area (Å²) in [6, 6.07) is 13.2. The highest BCUT2D eigenvalue weighted by atomic mass is 16.5. The number of amides is 1. The molecule has 1 atom stereocenters. The molecule has 0 spiro atoms. The third kappa shape index (κ3) is 4.67. The number of hydrogen-bond acceptors (Lipinski definition) is 7. The van der Waals surface area contributed by atoms with Crippen molar-refractivity contribution in [2.24, 2.45) is 0 Å². The number of carbonyl (C=O) groups excluding carboxylic acids is 1. The van der Waals surface area contributed by atoms with Crippen molar-refractivity contribution in [2.45, 2.75) is 25.8 Å². The molecule has 0 unspecified atom stereocenters. The SMILES string of the molecule is COc1cc([C@H](CC(=O)NCc2nc3ccccc3[nH]2)c2oc(C)cc(=O)c2O)ccc1O. The number of nitrogens with zero attached hydrogens (tertiary/aromatic N) is 1. The van der Waals surface area contributed by atoms with Crippen LogP contribution in [0.4, 0.5) is 0 Å². The van der Waals surface area contributed by atoms with E-state index in [9.17, 15) is 19.8 Å². The van der Waals surface area contributed by atoms with E-state index in [2.05, 4.69) is 15.3 Å². The molecule has 9 nitrogen and oxygen atoms in total. The molecular formula is C24H23N3O6. The van der Waals surface area contributed by atoms with Crippen LogP contribution in [0.25, 0.3) is 11.0 Å². The standard InChI is InChI=1S/C24H23N3O6/c1-13-9-19(29)23(31)24(33-13)15(14-7-8-18(28)20(10-14)32-2)11-22(30)25-12-21-26-16-5-3-4-6-17(16)27-21/h3-10,15,28,31H,11-12H2,1-2H3,(H,25,30)(H,26,27)/t15-/m0/s1. The van der Waals surface area contributed by atoms with Crippen molar-refractivity contribution >= 4 is 16.9 Å². The minimum Gasteiger partial charge on any atom is -0.504 e. The number of aromatic hydroxyl groups is 2. The van der Waals surface area contributed by atoms with E-state index in [0.717, 1.165) is 11.0 Å². The van der Waals surface area contributed by atoms with Gasteiger partial charge in [-0.05, 0) is 36.8 Å². The van der Waals surface area contributed by atoms with Gasteiger partial charge in [-0.3, -0.25) is 9.59 Å². The molecule has 0 aliphatic heterocycles. The van der Waals surface area contributed by atoms with Crippen LogP contribution in [-0.2, 0) is 11.3 Å². The number of methoxy groups -OCH3 is 1. The van der Waals surface area contributed by atoms with Gasteiger partial charge >= 0.3 is 0 Å². The molecule has 0 saturated carbocycles. The number of aryl methyl sites for hydroxylation is 1. The molecule has 0 saturated heterocycles. The van der Waals surface area contributed by atoms with E-state index in [0.29, 0.717) is 17.1 Å². The van der Waals surface area contributed by atoms with Gasteiger partial charge in [0.15, 0.2) is 17.3 Å². The molecule has 2 heterocycles. The second kappa shape index (κ2) is 9.07. The third-order valence-electron chi connectivity index (χ3n) is 5.28. The Bertz CT molecular complexity index is 1340. The van der Waals surface area contributed by atoms with E-state index in [1.807, 2.05) is 24.3 Å². The lowest BCUT2D eigenvalue weighted by Crippen LogP contribution is -2.26. The summed E-state index contributed by atoms with van der Waals surface area (Å²) >= 11 is 0. The monoisotopic (exact) mass is 449 g/mol. The summed E-state index contributed by atoms with van der Waals surface area (Å²) in [7, 11) is 1.40. The second-order valence-corrected chi connectivity index (χ2v) is 7.60. The number of nitrogens with one attached hydrogen (secondary N) is 2. The zero-order valence-corrected chi connectivity index (χ0v) is 18.1. The molecule has 9 heteroatoms. The van der Waals surface area contributed by atoms with E-state index in [4.69, 9.17) is 9.15 Å². The predicted molar refractivity (Wildman–Crippen MR) is 120 cm³/mol. The van der Waals surface area contributed by atoms with Crippen LogP contribution in [0.2, 0.25) is 0 Å². The lowest BCUT2D eigenvalue weighted by molar-refractivity contribution is -0.121. The number of carbonyl (C=O) groups is 1. The first-order valence-electron chi connectivity index (χ1n) is 10.3. The van der Waals surface area contributed by atoms with E-state index in [1.54, 1.807) is 13.0 Å². The number of phenolic OH excluding ortho intramolecular Hbond substituents is 1. The summed E-state index contributed by atoms with van der Waals surface area (Å²) in [5.41, 5.74) is 1.57. The van der Waals surface area contributed by atoms with Crippen LogP contribution in [0.1, 0.15) is 35.2 Å². The second-order valence-electron chi connectivity index (χ2n) is 7.60. The maximum atomic E-state index is 12.9. The molecule has 2 aromatic carbocycles. The van der Waals surface area contributed by atoms with Crippen molar-refractivity contribution in [1.29, 1.82) is 0 Å². The van der Waals surface area contributed by atoms with Crippen LogP contribution in [-0.4, -0.2) is 33.2 Å². The molecule has 33 heavy (non-hydrogen) atoms. The highest BCUT2D eigenvalue weighted by Crippen LogP contribution is 2.37. The fourth-order valence-electron chi connectivity index (χ4n) is 3.66. The van der Waals surface area contributed by atoms with Crippen molar-refractivity contribution in [2.75, 3.05) is 7.11 Å². The number of imidazole rings is 1. The number of benzene rings is 2. The molecule has 4 N–H and O–H groups in total. The van der Waals surface area contributed by atoms with E-state index in [-0.39, 0.29) is 36.1 Å². The fourth-order valence-corrected chi connectivity index (χ4v) is 3.66. The molecule has 0 fully saturated rings. The molecule has 170 valence electrons. The molecule has 0 aliphatic carbocycles. The van der Waals surface area contributed by atoms with Crippen LogP contribution >= 0.6 is 0 Å². The van der Waals surface area contributed by atoms with Gasteiger partial charge in [-0.1, -0.05) is 18.2 Å². The maximum absolute atomic E-state index is 12.9. The highest BCUT2D eigenvalue weighted by Gasteiger charge is 2.26. The first-order chi connectivity index (χ1) is 15.9. The van der Waals surface area contributed by atoms with Gasteiger partial charge in [0, 0.05) is 12.5 Å². The number of aromatic nitrogens is 2. The van der Waals surface area contributed by atoms with Crippen molar-refractivity contribution < 1.29 is 24.2 Å². The minimum atomic E-state index is -0.803. The third-order valence-corrected chi connectivity index (χ3v) is 5.28. The van der Waals surface area contributed by atoms with Gasteiger partial charge < -0.3 is 29.7 Å². The molecule has 2 aromatic heterocycles. The molecule has 4 aromatic rings. The zero-order valence-electron chi connectivity index (χ0n) is 18.1. The number of fused-ring (bicyclic) bond motifs is 1. The summed E-state index contributed by atoms with van der Waals surface area (Å²) in [6.45, 7) is 1.75. The number of ether oxygens (including phenoxy) is 1. The van der Waals surface area contributed by atoms with E-state index < -0.39 is 17.1 Å². The number of aromatic amines is 1. The Labute approximate surface area is 188 Å². The molecular weight excluding hydrogens is 426 g/mol. The normalized spacial score (nSPS) is 11.9. The van der Waals surface area contributed by atoms with Gasteiger partial charge in [0.25, 0.3) is 0 Å². The first kappa shape index (κ1) is 21.9. The van der Waals surface area contributed by atoms with Gasteiger partial charge in [0.2, 0.25) is 17.1 Å². The lowest BCUT2D eigenvalue weighted by Gasteiger charge is -2.18. The minimum absolute atomic E-state index is 0.0355. The summed E-state index contributed by atoms with van der Waals surface area (Å²) < 4.78 is 10.8. The Balaban J connectivity index is 1.62. The number of para-hydroxylation sites is 2. The summed E-state index contributed by atoms with van der Waals surface area (Å²) in [4.78, 5) is 32.6. The van der Waals surface area contributed by atoms with Crippen LogP contribution in [0.15, 0.2) is 57.7 Å². The molecule has 4 rings (SSSR count). The van der Waals surface area contributed by atoms with Crippen LogP contribution in [0, 0.1) is 6.92 Å². The summed E-state index contributed by atoms with van der Waals surface area (Å²) in [5, 5.41) is 23.2. The maximum Gasteiger partial charge on any atom is 0.227 e. The Kier molecular flexibility index (Phi) is 6.03. The number of H-pyrrole nitrogens is 1. The van der Waals surface area contributed by atoms with Crippen molar-refractivity contribution in [1.82, 2.24) is 15.3 Å². The lowest BCUT2D eigenvalue weighted by atomic mass is 9.91. The van der Waals surface area contributed by atoms with Crippen LogP contribution < -0.4 is 15.5 Å². The van der Waals surface area contributed by atoms with Crippen molar-refractivity contribution in [3.05, 3.63) is 81.7 Å². The Morgan fingerprint density at radius 2 is 2.00 bits per heavy atom. The smallest absolute Gasteiger partial charge is 0.227 e. The van der Waals surface area contributed by atoms with Gasteiger partial charge in [0.1, 0.15) is 11.6 Å². The fraction of sp³-hybridized carbons (Fsp3) is 0.208. The zero-order chi connectivity index (χ0) is 23.5. The summed E-state index contributed by atoms with van der Waals surface area (Å²) in [5.74, 6) is -0.754. The van der Waals surface area contributed by atoms with Crippen LogP contribution in [0.3, 0.4) is 0 Å². The topological polar surface area (TPSA) is 138 Å². The van der Waals surface area contributed by atoms with E-state index in [1.165, 1.54) is 25.3 Å². The van der Waals surface area contributed by atoms with E-state index >= 15 is 0 Å². The molecule has 0 radical (unpaired) electrons. The number of rotatable bonds is 7. The van der Waals surface area contributed by atoms with Crippen molar-refractivity contribution in [3.63, 3.8) is 0 Å². The molecule has 1 amide bonds. The van der Waals surface area contributed by atoms with Crippen LogP contribution in [0.5, 0.6) is 17.2 Å². The quantitative estimate of drug-likeness (QED) is 0.340. The van der Waals surface area contributed by atoms with Crippen molar-refractivity contribution in [3.8, 4) is 17.2 Å². The summed E-state index contributed by atoms with van der Waals surface area (Å²) in [6.07, 6.45) is -0.131. The highest BCUT2D eigenvalue weighted by molar-refractivity contribution is 5.78. The Hall–Kier alpha value is -4.27.